The molecule has 0 N–H and O–H groups in total. The van der Waals surface area contributed by atoms with Crippen LogP contribution in [0.25, 0.3) is 0 Å². The van der Waals surface area contributed by atoms with Gasteiger partial charge in [0.15, 0.2) is 6.10 Å². The first-order valence-corrected chi connectivity index (χ1v) is 12.0. The molecule has 2 heterocycles. The number of rotatable bonds is 9. The van der Waals surface area contributed by atoms with Crippen molar-refractivity contribution in [2.24, 2.45) is 0 Å². The van der Waals surface area contributed by atoms with Gasteiger partial charge >= 0.3 is 0 Å². The van der Waals surface area contributed by atoms with E-state index in [1.54, 1.807) is 22.2 Å². The SMILES string of the molecule is CCOc1ccccc1CN(Cc1cccnc1)C(=O)CN1C(=O)C(CC)Oc2ccc(C)cc21. The van der Waals surface area contributed by atoms with E-state index in [0.717, 1.165) is 22.4 Å². The lowest BCUT2D eigenvalue weighted by atomic mass is 10.1. The Morgan fingerprint density at radius 1 is 1.11 bits per heavy atom. The third-order valence-electron chi connectivity index (χ3n) is 5.96. The second-order valence-electron chi connectivity index (χ2n) is 8.56. The second kappa shape index (κ2) is 11.0. The molecule has 2 aromatic carbocycles. The summed E-state index contributed by atoms with van der Waals surface area (Å²) < 4.78 is 11.7. The Bertz CT molecular complexity index is 1180. The number of para-hydroxylation sites is 1. The fourth-order valence-electron chi connectivity index (χ4n) is 4.17. The molecule has 182 valence electrons. The highest BCUT2D eigenvalue weighted by Gasteiger charge is 2.35. The Morgan fingerprint density at radius 3 is 2.69 bits per heavy atom. The summed E-state index contributed by atoms with van der Waals surface area (Å²) in [7, 11) is 0. The van der Waals surface area contributed by atoms with Crippen LogP contribution in [0.15, 0.2) is 67.0 Å². The van der Waals surface area contributed by atoms with E-state index in [1.165, 1.54) is 0 Å². The van der Waals surface area contributed by atoms with E-state index >= 15 is 0 Å². The Kier molecular flexibility index (Phi) is 7.65. The minimum Gasteiger partial charge on any atom is -0.494 e. The van der Waals surface area contributed by atoms with Gasteiger partial charge < -0.3 is 14.4 Å². The van der Waals surface area contributed by atoms with Gasteiger partial charge in [-0.25, -0.2) is 0 Å². The lowest BCUT2D eigenvalue weighted by molar-refractivity contribution is -0.134. The van der Waals surface area contributed by atoms with Crippen LogP contribution in [0.1, 0.15) is 37.0 Å². The number of carbonyl (C=O) groups is 2. The molecular weight excluding hydrogens is 442 g/mol. The third kappa shape index (κ3) is 5.62. The summed E-state index contributed by atoms with van der Waals surface area (Å²) in [5.74, 6) is 0.997. The Labute approximate surface area is 206 Å². The summed E-state index contributed by atoms with van der Waals surface area (Å²) in [5, 5.41) is 0. The standard InChI is InChI=1S/C28H31N3O4/c1-4-24-28(33)31(23-15-20(3)12-13-26(23)35-24)19-27(32)30(17-21-9-8-14-29-16-21)18-22-10-6-7-11-25(22)34-5-2/h6-16,24H,4-5,17-19H2,1-3H3. The van der Waals surface area contributed by atoms with Crippen LogP contribution in [0, 0.1) is 6.92 Å². The topological polar surface area (TPSA) is 72.0 Å². The minimum atomic E-state index is -0.608. The number of ether oxygens (including phenoxy) is 2. The van der Waals surface area contributed by atoms with Crippen LogP contribution in [-0.2, 0) is 22.7 Å². The summed E-state index contributed by atoms with van der Waals surface area (Å²) >= 11 is 0. The molecule has 0 saturated carbocycles. The molecule has 1 aromatic heterocycles. The molecule has 2 amide bonds. The van der Waals surface area contributed by atoms with Crippen molar-refractivity contribution >= 4 is 17.5 Å². The number of aryl methyl sites for hydroxylation is 1. The number of nitrogens with zero attached hydrogens (tertiary/aromatic N) is 3. The Balaban J connectivity index is 1.64. The number of amides is 2. The fraction of sp³-hybridized carbons (Fsp3) is 0.321. The first kappa shape index (κ1) is 24.3. The van der Waals surface area contributed by atoms with E-state index < -0.39 is 6.10 Å². The highest BCUT2D eigenvalue weighted by Crippen LogP contribution is 2.35. The van der Waals surface area contributed by atoms with Gasteiger partial charge in [0, 0.05) is 31.0 Å². The van der Waals surface area contributed by atoms with Crippen LogP contribution in [0.4, 0.5) is 5.69 Å². The summed E-state index contributed by atoms with van der Waals surface area (Å²) in [6.07, 6.45) is 3.37. The molecule has 0 bridgehead atoms. The molecule has 3 aromatic rings. The first-order chi connectivity index (χ1) is 17.0. The normalized spacial score (nSPS) is 14.8. The average Bonchev–Trinajstić information content (AvgIpc) is 2.87. The molecule has 7 nitrogen and oxygen atoms in total. The molecule has 0 radical (unpaired) electrons. The van der Waals surface area contributed by atoms with Gasteiger partial charge in [-0.1, -0.05) is 37.3 Å². The second-order valence-corrected chi connectivity index (χ2v) is 8.56. The highest BCUT2D eigenvalue weighted by molar-refractivity contribution is 6.03. The van der Waals surface area contributed by atoms with Crippen molar-refractivity contribution in [1.82, 2.24) is 9.88 Å². The molecule has 0 fully saturated rings. The van der Waals surface area contributed by atoms with E-state index in [-0.39, 0.29) is 18.4 Å². The van der Waals surface area contributed by atoms with Crippen molar-refractivity contribution in [3.05, 3.63) is 83.7 Å². The van der Waals surface area contributed by atoms with Crippen LogP contribution < -0.4 is 14.4 Å². The maximum atomic E-state index is 13.8. The molecule has 1 atom stereocenters. The van der Waals surface area contributed by atoms with E-state index in [0.29, 0.717) is 37.6 Å². The van der Waals surface area contributed by atoms with Gasteiger partial charge in [0.1, 0.15) is 18.0 Å². The molecule has 0 saturated heterocycles. The van der Waals surface area contributed by atoms with Crippen molar-refractivity contribution in [3.63, 3.8) is 0 Å². The van der Waals surface area contributed by atoms with Gasteiger partial charge in [-0.05, 0) is 55.7 Å². The van der Waals surface area contributed by atoms with E-state index in [9.17, 15) is 9.59 Å². The van der Waals surface area contributed by atoms with Gasteiger partial charge in [-0.2, -0.15) is 0 Å². The van der Waals surface area contributed by atoms with Crippen LogP contribution >= 0.6 is 0 Å². The predicted molar refractivity (Wildman–Crippen MR) is 134 cm³/mol. The maximum absolute atomic E-state index is 13.8. The largest absolute Gasteiger partial charge is 0.494 e. The van der Waals surface area contributed by atoms with Gasteiger partial charge in [0.05, 0.1) is 12.3 Å². The number of fused-ring (bicyclic) bond motifs is 1. The van der Waals surface area contributed by atoms with Gasteiger partial charge in [0.2, 0.25) is 5.91 Å². The van der Waals surface area contributed by atoms with Gasteiger partial charge in [-0.15, -0.1) is 0 Å². The average molecular weight is 474 g/mol. The van der Waals surface area contributed by atoms with E-state index in [4.69, 9.17) is 9.47 Å². The molecule has 35 heavy (non-hydrogen) atoms. The van der Waals surface area contributed by atoms with Crippen LogP contribution in [-0.4, -0.2) is 41.0 Å². The zero-order valence-electron chi connectivity index (χ0n) is 20.4. The molecule has 1 aliphatic rings. The smallest absolute Gasteiger partial charge is 0.268 e. The maximum Gasteiger partial charge on any atom is 0.268 e. The number of hydrogen-bond acceptors (Lipinski definition) is 5. The lowest BCUT2D eigenvalue weighted by Gasteiger charge is -2.35. The van der Waals surface area contributed by atoms with E-state index in [2.05, 4.69) is 4.98 Å². The van der Waals surface area contributed by atoms with Crippen LogP contribution in [0.2, 0.25) is 0 Å². The summed E-state index contributed by atoms with van der Waals surface area (Å²) in [4.78, 5) is 34.5. The fourth-order valence-corrected chi connectivity index (χ4v) is 4.17. The van der Waals surface area contributed by atoms with Crippen molar-refractivity contribution < 1.29 is 19.1 Å². The number of carbonyl (C=O) groups excluding carboxylic acids is 2. The Hall–Kier alpha value is -3.87. The minimum absolute atomic E-state index is 0.0772. The monoisotopic (exact) mass is 473 g/mol. The zero-order chi connectivity index (χ0) is 24.8. The van der Waals surface area contributed by atoms with Gasteiger partial charge in [-0.3, -0.25) is 19.5 Å². The molecule has 0 spiro atoms. The number of anilines is 1. The van der Waals surface area contributed by atoms with Crippen molar-refractivity contribution in [1.29, 1.82) is 0 Å². The molecular formula is C28H31N3O4. The lowest BCUT2D eigenvalue weighted by Crippen LogP contribution is -2.50. The first-order valence-electron chi connectivity index (χ1n) is 12.0. The number of hydrogen-bond donors (Lipinski definition) is 0. The van der Waals surface area contributed by atoms with Crippen molar-refractivity contribution in [2.75, 3.05) is 18.1 Å². The molecule has 0 aliphatic carbocycles. The van der Waals surface area contributed by atoms with Crippen molar-refractivity contribution in [3.8, 4) is 11.5 Å². The highest BCUT2D eigenvalue weighted by atomic mass is 16.5. The summed E-state index contributed by atoms with van der Waals surface area (Å²) in [6, 6.07) is 17.2. The number of pyridine rings is 1. The quantitative estimate of drug-likeness (QED) is 0.457. The van der Waals surface area contributed by atoms with E-state index in [1.807, 2.05) is 75.4 Å². The third-order valence-corrected chi connectivity index (χ3v) is 5.96. The van der Waals surface area contributed by atoms with Crippen LogP contribution in [0.3, 0.4) is 0 Å². The predicted octanol–water partition coefficient (Wildman–Crippen LogP) is 4.52. The molecule has 1 unspecified atom stereocenters. The van der Waals surface area contributed by atoms with Gasteiger partial charge in [0.25, 0.3) is 5.91 Å². The Morgan fingerprint density at radius 2 is 1.94 bits per heavy atom. The van der Waals surface area contributed by atoms with Crippen molar-refractivity contribution in [2.45, 2.75) is 46.4 Å². The molecule has 4 rings (SSSR count). The summed E-state index contributed by atoms with van der Waals surface area (Å²) in [5.41, 5.74) is 3.43. The summed E-state index contributed by atoms with van der Waals surface area (Å²) in [6.45, 7) is 6.96. The zero-order valence-corrected chi connectivity index (χ0v) is 20.4. The molecule has 1 aliphatic heterocycles. The number of benzene rings is 2. The number of aromatic nitrogens is 1. The van der Waals surface area contributed by atoms with Crippen LogP contribution in [0.5, 0.6) is 11.5 Å². The molecule has 7 heteroatoms.